The second kappa shape index (κ2) is 20.0. The highest BCUT2D eigenvalue weighted by Gasteiger charge is 2.37. The summed E-state index contributed by atoms with van der Waals surface area (Å²) in [5, 5.41) is 0. The van der Waals surface area contributed by atoms with Crippen LogP contribution in [0.25, 0.3) is 0 Å². The molecule has 1 aliphatic rings. The summed E-state index contributed by atoms with van der Waals surface area (Å²) in [7, 11) is 1.64. The minimum Gasteiger partial charge on any atom is -0.756 e. The summed E-state index contributed by atoms with van der Waals surface area (Å²) in [6.07, 6.45) is 20.9. The zero-order chi connectivity index (χ0) is 26.6. The molecule has 0 N–H and O–H groups in total. The number of nitrogens with zero attached hydrogens (tertiary/aromatic N) is 1. The van der Waals surface area contributed by atoms with Crippen molar-refractivity contribution in [2.24, 2.45) is 5.41 Å². The average Bonchev–Trinajstić information content (AvgIpc) is 3.28. The first kappa shape index (κ1) is 34.0. The molecule has 1 saturated heterocycles. The van der Waals surface area contributed by atoms with Gasteiger partial charge in [0.05, 0.1) is 41.0 Å². The number of quaternary nitrogens is 1. The molecule has 0 amide bonds. The maximum absolute atomic E-state index is 12.1. The van der Waals surface area contributed by atoms with Gasteiger partial charge in [-0.05, 0) is 12.8 Å². The molecular formula is C28H58NO6P. The maximum Gasteiger partial charge on any atom is 0.268 e. The normalized spacial score (nSPS) is 20.1. The average molecular weight is 536 g/mol. The molecule has 2 atom stereocenters. The molecule has 2 unspecified atom stereocenters. The van der Waals surface area contributed by atoms with E-state index in [1.807, 2.05) is 21.1 Å². The van der Waals surface area contributed by atoms with E-state index in [2.05, 4.69) is 6.92 Å². The first-order chi connectivity index (χ1) is 17.2. The van der Waals surface area contributed by atoms with Gasteiger partial charge in [-0.3, -0.25) is 4.57 Å². The van der Waals surface area contributed by atoms with E-state index in [9.17, 15) is 9.46 Å². The third-order valence-electron chi connectivity index (χ3n) is 7.03. The number of rotatable bonds is 25. The molecule has 1 fully saturated rings. The van der Waals surface area contributed by atoms with Gasteiger partial charge in [-0.2, -0.15) is 0 Å². The third-order valence-corrected chi connectivity index (χ3v) is 7.97. The molecule has 0 aromatic rings. The van der Waals surface area contributed by atoms with E-state index in [4.69, 9.17) is 18.5 Å². The Kier molecular flexibility index (Phi) is 18.9. The zero-order valence-electron chi connectivity index (χ0n) is 24.1. The summed E-state index contributed by atoms with van der Waals surface area (Å²) >= 11 is 0. The number of phosphoric ester groups is 1. The predicted molar refractivity (Wildman–Crippen MR) is 146 cm³/mol. The number of hydrogen-bond acceptors (Lipinski definition) is 6. The molecule has 0 aromatic heterocycles. The summed E-state index contributed by atoms with van der Waals surface area (Å²) in [4.78, 5) is 12.1. The van der Waals surface area contributed by atoms with Gasteiger partial charge in [0.15, 0.2) is 0 Å². The number of hydrogen-bond donors (Lipinski definition) is 0. The number of likely N-dealkylation sites (N-methyl/N-ethyl adjacent to an activating group) is 1. The van der Waals surface area contributed by atoms with Gasteiger partial charge < -0.3 is 27.9 Å². The van der Waals surface area contributed by atoms with E-state index in [0.717, 1.165) is 12.8 Å². The Labute approximate surface area is 222 Å². The van der Waals surface area contributed by atoms with Gasteiger partial charge in [-0.15, -0.1) is 0 Å². The van der Waals surface area contributed by atoms with E-state index in [1.54, 1.807) is 0 Å². The SMILES string of the molecule is CCCCCCCCCCCCCCCCCOCC1(COP(=O)([O-])OCC[N+](C)(C)C)CCOC1. The van der Waals surface area contributed by atoms with Crippen molar-refractivity contribution in [2.75, 3.05) is 67.3 Å². The van der Waals surface area contributed by atoms with Crippen molar-refractivity contribution in [3.8, 4) is 0 Å². The number of ether oxygens (including phenoxy) is 2. The summed E-state index contributed by atoms with van der Waals surface area (Å²) < 4.78 is 34.5. The highest BCUT2D eigenvalue weighted by molar-refractivity contribution is 7.45. The number of phosphoric acid groups is 1. The molecule has 0 radical (unpaired) electrons. The van der Waals surface area contributed by atoms with Crippen LogP contribution in [0.3, 0.4) is 0 Å². The van der Waals surface area contributed by atoms with Crippen LogP contribution in [-0.2, 0) is 23.1 Å². The highest BCUT2D eigenvalue weighted by atomic mass is 31.2. The highest BCUT2D eigenvalue weighted by Crippen LogP contribution is 2.42. The smallest absolute Gasteiger partial charge is 0.268 e. The zero-order valence-corrected chi connectivity index (χ0v) is 25.0. The monoisotopic (exact) mass is 535 g/mol. The number of unbranched alkanes of at least 4 members (excludes halogenated alkanes) is 14. The van der Waals surface area contributed by atoms with Crippen LogP contribution in [0.5, 0.6) is 0 Å². The fourth-order valence-electron chi connectivity index (χ4n) is 4.46. The molecule has 36 heavy (non-hydrogen) atoms. The van der Waals surface area contributed by atoms with Crippen LogP contribution in [0.15, 0.2) is 0 Å². The molecule has 7 nitrogen and oxygen atoms in total. The maximum atomic E-state index is 12.1. The quantitative estimate of drug-likeness (QED) is 0.0756. The Bertz CT molecular complexity index is 563. The summed E-state index contributed by atoms with van der Waals surface area (Å²) in [5.74, 6) is 0. The van der Waals surface area contributed by atoms with Crippen molar-refractivity contribution in [1.82, 2.24) is 0 Å². The van der Waals surface area contributed by atoms with Crippen molar-refractivity contribution in [1.29, 1.82) is 0 Å². The lowest BCUT2D eigenvalue weighted by atomic mass is 9.90. The van der Waals surface area contributed by atoms with E-state index < -0.39 is 13.2 Å². The van der Waals surface area contributed by atoms with Crippen LogP contribution in [0, 0.1) is 5.41 Å². The summed E-state index contributed by atoms with van der Waals surface area (Å²) in [5.41, 5.74) is -0.404. The van der Waals surface area contributed by atoms with Gasteiger partial charge in [0.2, 0.25) is 0 Å². The molecule has 1 heterocycles. The Morgan fingerprint density at radius 3 is 1.78 bits per heavy atom. The van der Waals surface area contributed by atoms with E-state index in [0.29, 0.717) is 37.5 Å². The first-order valence-electron chi connectivity index (χ1n) is 14.7. The minimum atomic E-state index is -4.32. The molecule has 1 rings (SSSR count). The Hall–Kier alpha value is -0.0100. The molecule has 0 aliphatic carbocycles. The lowest BCUT2D eigenvalue weighted by molar-refractivity contribution is -0.870. The van der Waals surface area contributed by atoms with Gasteiger partial charge in [-0.25, -0.2) is 0 Å². The van der Waals surface area contributed by atoms with Crippen LogP contribution in [0.1, 0.15) is 110 Å². The molecular weight excluding hydrogens is 477 g/mol. The van der Waals surface area contributed by atoms with Gasteiger partial charge in [0, 0.05) is 18.6 Å². The summed E-state index contributed by atoms with van der Waals surface area (Å²) in [6.45, 7) is 5.27. The topological polar surface area (TPSA) is 77.1 Å². The Balaban J connectivity index is 2.01. The van der Waals surface area contributed by atoms with E-state index >= 15 is 0 Å². The van der Waals surface area contributed by atoms with Gasteiger partial charge in [-0.1, -0.05) is 96.8 Å². The van der Waals surface area contributed by atoms with E-state index in [-0.39, 0.29) is 13.2 Å². The van der Waals surface area contributed by atoms with Crippen LogP contribution in [0.4, 0.5) is 0 Å². The van der Waals surface area contributed by atoms with Crippen molar-refractivity contribution >= 4 is 7.82 Å². The Morgan fingerprint density at radius 2 is 1.31 bits per heavy atom. The van der Waals surface area contributed by atoms with Gasteiger partial charge in [0.1, 0.15) is 13.2 Å². The first-order valence-corrected chi connectivity index (χ1v) is 16.2. The molecule has 8 heteroatoms. The van der Waals surface area contributed by atoms with Crippen molar-refractivity contribution < 1.29 is 32.5 Å². The molecule has 0 bridgehead atoms. The minimum absolute atomic E-state index is 0.0526. The molecule has 216 valence electrons. The standard InChI is InChI=1S/C28H58NO6P/c1-5-6-7-8-9-10-11-12-13-14-15-16-17-18-19-22-32-25-28(20-23-33-26-28)27-35-36(30,31)34-24-21-29(2,3)4/h5-27H2,1-4H3. The largest absolute Gasteiger partial charge is 0.756 e. The van der Waals surface area contributed by atoms with Crippen LogP contribution < -0.4 is 4.89 Å². The van der Waals surface area contributed by atoms with Crippen molar-refractivity contribution in [3.05, 3.63) is 0 Å². The van der Waals surface area contributed by atoms with Crippen LogP contribution in [-0.4, -0.2) is 71.8 Å². The van der Waals surface area contributed by atoms with Crippen LogP contribution in [0.2, 0.25) is 0 Å². The molecule has 0 aromatic carbocycles. The van der Waals surface area contributed by atoms with Crippen molar-refractivity contribution in [3.63, 3.8) is 0 Å². The Morgan fingerprint density at radius 1 is 0.778 bits per heavy atom. The second-order valence-corrected chi connectivity index (χ2v) is 13.3. The van der Waals surface area contributed by atoms with Gasteiger partial charge in [0.25, 0.3) is 7.82 Å². The van der Waals surface area contributed by atoms with Gasteiger partial charge >= 0.3 is 0 Å². The van der Waals surface area contributed by atoms with Crippen molar-refractivity contribution in [2.45, 2.75) is 110 Å². The molecule has 0 spiro atoms. The lowest BCUT2D eigenvalue weighted by Crippen LogP contribution is -2.38. The fraction of sp³-hybridized carbons (Fsp3) is 1.00. The molecule has 0 saturated carbocycles. The summed E-state index contributed by atoms with van der Waals surface area (Å²) in [6, 6.07) is 0. The molecule has 1 aliphatic heterocycles. The predicted octanol–water partition coefficient (Wildman–Crippen LogP) is 6.49. The second-order valence-electron chi connectivity index (χ2n) is 11.9. The lowest BCUT2D eigenvalue weighted by Gasteiger charge is -2.32. The van der Waals surface area contributed by atoms with Crippen LogP contribution >= 0.6 is 7.82 Å². The fourth-order valence-corrected chi connectivity index (χ4v) is 5.27. The third kappa shape index (κ3) is 19.1. The van der Waals surface area contributed by atoms with E-state index in [1.165, 1.54) is 89.9 Å².